The largest absolute Gasteiger partial charge is 0.479 e. The fourth-order valence-corrected chi connectivity index (χ4v) is 2.19. The van der Waals surface area contributed by atoms with Crippen molar-refractivity contribution in [2.75, 3.05) is 0 Å². The van der Waals surface area contributed by atoms with Crippen molar-refractivity contribution in [3.05, 3.63) is 71.8 Å². The molecule has 2 rings (SSSR count). The van der Waals surface area contributed by atoms with Crippen LogP contribution in [-0.2, 0) is 24.1 Å². The van der Waals surface area contributed by atoms with Crippen molar-refractivity contribution in [2.24, 2.45) is 0 Å². The van der Waals surface area contributed by atoms with Crippen molar-refractivity contribution in [2.45, 2.75) is 38.6 Å². The van der Waals surface area contributed by atoms with E-state index in [1.807, 2.05) is 0 Å². The Hall–Kier alpha value is -2.70. The van der Waals surface area contributed by atoms with Crippen LogP contribution in [0.2, 0.25) is 0 Å². The second kappa shape index (κ2) is 8.60. The summed E-state index contributed by atoms with van der Waals surface area (Å²) in [7, 11) is 0. The van der Waals surface area contributed by atoms with E-state index in [4.69, 9.17) is 14.5 Å². The number of hydrogen-bond donors (Lipinski definition) is 1. The van der Waals surface area contributed by atoms with Crippen molar-refractivity contribution in [1.29, 1.82) is 0 Å². The van der Waals surface area contributed by atoms with Crippen molar-refractivity contribution in [1.82, 2.24) is 0 Å². The van der Waals surface area contributed by atoms with Gasteiger partial charge in [-0.1, -0.05) is 60.7 Å². The molecule has 0 heterocycles. The minimum Gasteiger partial charge on any atom is -0.479 e. The zero-order valence-corrected chi connectivity index (χ0v) is 14.9. The van der Waals surface area contributed by atoms with Crippen LogP contribution in [0.4, 0.5) is 0 Å². The molecule has 1 N–H and O–H groups in total. The Balaban J connectivity index is 2.20. The molecule has 2 aromatic rings. The van der Waals surface area contributed by atoms with E-state index in [0.717, 1.165) is 0 Å². The summed E-state index contributed by atoms with van der Waals surface area (Å²) in [5.41, 5.74) is 0.175. The SMILES string of the molecule is CC(C)(C)OC(=O)C(OOC(C(=O)O)c1ccccc1)c1ccccc1. The molecule has 0 amide bonds. The van der Waals surface area contributed by atoms with Crippen LogP contribution >= 0.6 is 0 Å². The van der Waals surface area contributed by atoms with E-state index in [1.165, 1.54) is 0 Å². The maximum atomic E-state index is 12.5. The smallest absolute Gasteiger partial charge is 0.343 e. The Morgan fingerprint density at radius 2 is 1.23 bits per heavy atom. The van der Waals surface area contributed by atoms with Crippen LogP contribution in [0.15, 0.2) is 60.7 Å². The maximum Gasteiger partial charge on any atom is 0.343 e. The van der Waals surface area contributed by atoms with Crippen molar-refractivity contribution >= 4 is 11.9 Å². The first-order chi connectivity index (χ1) is 12.3. The Morgan fingerprint density at radius 1 is 0.808 bits per heavy atom. The number of esters is 1. The number of carbonyl (C=O) groups is 2. The van der Waals surface area contributed by atoms with Crippen LogP contribution in [0, 0.1) is 0 Å². The van der Waals surface area contributed by atoms with Gasteiger partial charge in [-0.25, -0.2) is 19.4 Å². The number of carbonyl (C=O) groups excluding carboxylic acids is 1. The first-order valence-corrected chi connectivity index (χ1v) is 8.15. The van der Waals surface area contributed by atoms with Crippen LogP contribution in [0.5, 0.6) is 0 Å². The minimum atomic E-state index is -1.37. The van der Waals surface area contributed by atoms with Gasteiger partial charge in [-0.2, -0.15) is 0 Å². The number of benzene rings is 2. The summed E-state index contributed by atoms with van der Waals surface area (Å²) >= 11 is 0. The molecule has 2 aromatic carbocycles. The second-order valence-electron chi connectivity index (χ2n) is 6.65. The number of aliphatic carboxylic acids is 1. The molecule has 0 saturated carbocycles. The number of rotatable bonds is 7. The lowest BCUT2D eigenvalue weighted by Crippen LogP contribution is -2.30. The van der Waals surface area contributed by atoms with E-state index in [-0.39, 0.29) is 0 Å². The summed E-state index contributed by atoms with van der Waals surface area (Å²) in [6, 6.07) is 17.0. The number of carboxylic acid groups (broad SMARTS) is 1. The van der Waals surface area contributed by atoms with Crippen molar-refractivity contribution in [3.63, 3.8) is 0 Å². The standard InChI is InChI=1S/C20H22O6/c1-20(2,3)24-19(23)17(15-12-8-5-9-13-15)26-25-16(18(21)22)14-10-6-4-7-11-14/h4-13,16-17H,1-3H3,(H,21,22). The van der Waals surface area contributed by atoms with E-state index in [2.05, 4.69) is 0 Å². The van der Waals surface area contributed by atoms with Gasteiger partial charge in [0.2, 0.25) is 12.2 Å². The monoisotopic (exact) mass is 358 g/mol. The van der Waals surface area contributed by atoms with Gasteiger partial charge >= 0.3 is 11.9 Å². The highest BCUT2D eigenvalue weighted by Crippen LogP contribution is 2.26. The summed E-state index contributed by atoms with van der Waals surface area (Å²) in [5.74, 6) is -1.90. The first-order valence-electron chi connectivity index (χ1n) is 8.15. The van der Waals surface area contributed by atoms with Crippen molar-refractivity contribution in [3.8, 4) is 0 Å². The fraction of sp³-hybridized carbons (Fsp3) is 0.300. The molecule has 0 aliphatic carbocycles. The molecule has 2 atom stereocenters. The molecule has 0 fully saturated rings. The Bertz CT molecular complexity index is 721. The first kappa shape index (κ1) is 19.6. The van der Waals surface area contributed by atoms with Crippen LogP contribution < -0.4 is 0 Å². The van der Waals surface area contributed by atoms with Crippen molar-refractivity contribution < 1.29 is 29.2 Å². The molecule has 6 nitrogen and oxygen atoms in total. The molecule has 6 heteroatoms. The predicted molar refractivity (Wildman–Crippen MR) is 94.0 cm³/mol. The van der Waals surface area contributed by atoms with Gasteiger partial charge in [-0.05, 0) is 31.9 Å². The van der Waals surface area contributed by atoms with Crippen LogP contribution in [0.3, 0.4) is 0 Å². The normalized spacial score (nSPS) is 13.7. The predicted octanol–water partition coefficient (Wildman–Crippen LogP) is 3.84. The summed E-state index contributed by atoms with van der Waals surface area (Å²) in [4.78, 5) is 34.4. The van der Waals surface area contributed by atoms with E-state index in [9.17, 15) is 14.7 Å². The molecule has 138 valence electrons. The molecule has 2 unspecified atom stereocenters. The molecule has 0 aliphatic rings. The number of carboxylic acids is 1. The highest BCUT2D eigenvalue weighted by atomic mass is 17.2. The van der Waals surface area contributed by atoms with Gasteiger partial charge in [0.05, 0.1) is 0 Å². The molecule has 0 spiro atoms. The van der Waals surface area contributed by atoms with Crippen LogP contribution in [0.1, 0.15) is 44.1 Å². The summed E-state index contributed by atoms with van der Waals surface area (Å²) in [5, 5.41) is 9.41. The van der Waals surface area contributed by atoms with Gasteiger partial charge < -0.3 is 9.84 Å². The Kier molecular flexibility index (Phi) is 6.49. The van der Waals surface area contributed by atoms with E-state index in [0.29, 0.717) is 11.1 Å². The van der Waals surface area contributed by atoms with Crippen LogP contribution in [-0.4, -0.2) is 22.6 Å². The molecular formula is C20H22O6. The minimum absolute atomic E-state index is 0.399. The van der Waals surface area contributed by atoms with Gasteiger partial charge in [0, 0.05) is 0 Å². The van der Waals surface area contributed by atoms with Gasteiger partial charge in [0.25, 0.3) is 0 Å². The maximum absolute atomic E-state index is 12.5. The van der Waals surface area contributed by atoms with Gasteiger partial charge in [-0.15, -0.1) is 0 Å². The third kappa shape index (κ3) is 5.68. The number of ether oxygens (including phenoxy) is 1. The average Bonchev–Trinajstić information content (AvgIpc) is 2.58. The highest BCUT2D eigenvalue weighted by Gasteiger charge is 2.31. The van der Waals surface area contributed by atoms with Gasteiger partial charge in [-0.3, -0.25) is 0 Å². The lowest BCUT2D eigenvalue weighted by Gasteiger charge is -2.24. The molecule has 0 aliphatic heterocycles. The summed E-state index contributed by atoms with van der Waals surface area (Å²) in [6.45, 7) is 5.20. The van der Waals surface area contributed by atoms with Crippen LogP contribution in [0.25, 0.3) is 0 Å². The zero-order chi connectivity index (χ0) is 19.2. The van der Waals surface area contributed by atoms with E-state index < -0.39 is 29.7 Å². The van der Waals surface area contributed by atoms with E-state index >= 15 is 0 Å². The quantitative estimate of drug-likeness (QED) is 0.460. The Labute approximate surface area is 152 Å². The lowest BCUT2D eigenvalue weighted by atomic mass is 10.1. The third-order valence-electron chi connectivity index (χ3n) is 3.30. The lowest BCUT2D eigenvalue weighted by molar-refractivity contribution is -0.348. The fourth-order valence-electron chi connectivity index (χ4n) is 2.19. The second-order valence-corrected chi connectivity index (χ2v) is 6.65. The topological polar surface area (TPSA) is 82.1 Å². The van der Waals surface area contributed by atoms with Gasteiger partial charge in [0.1, 0.15) is 5.60 Å². The molecule has 0 bridgehead atoms. The van der Waals surface area contributed by atoms with E-state index in [1.54, 1.807) is 81.4 Å². The number of hydrogen-bond acceptors (Lipinski definition) is 5. The summed E-state index contributed by atoms with van der Waals surface area (Å²) in [6.07, 6.45) is -2.58. The molecule has 0 aromatic heterocycles. The molecule has 26 heavy (non-hydrogen) atoms. The third-order valence-corrected chi connectivity index (χ3v) is 3.30. The molecular weight excluding hydrogens is 336 g/mol. The molecule has 0 radical (unpaired) electrons. The Morgan fingerprint density at radius 3 is 1.65 bits per heavy atom. The zero-order valence-electron chi connectivity index (χ0n) is 14.9. The average molecular weight is 358 g/mol. The summed E-state index contributed by atoms with van der Waals surface area (Å²) < 4.78 is 5.36. The van der Waals surface area contributed by atoms with Gasteiger partial charge in [0.15, 0.2) is 0 Å². The highest BCUT2D eigenvalue weighted by molar-refractivity contribution is 5.77. The molecule has 0 saturated heterocycles.